The highest BCUT2D eigenvalue weighted by Crippen LogP contribution is 2.29. The summed E-state index contributed by atoms with van der Waals surface area (Å²) in [5.41, 5.74) is 0.785. The van der Waals surface area contributed by atoms with Crippen molar-refractivity contribution in [3.8, 4) is 0 Å². The van der Waals surface area contributed by atoms with Crippen molar-refractivity contribution in [2.45, 2.75) is 43.0 Å². The molecule has 4 rings (SSSR count). The Balaban J connectivity index is 1.48. The Morgan fingerprint density at radius 1 is 1.18 bits per heavy atom. The molecule has 1 aliphatic heterocycles. The normalized spacial score (nSPS) is 14.9. The number of benzene rings is 1. The molecule has 0 fully saturated rings. The molecule has 0 saturated carbocycles. The zero-order valence-corrected chi connectivity index (χ0v) is 18.3. The minimum absolute atomic E-state index is 0.000512. The SMILES string of the molecule is O=C([C@H](CO)c1ccccc1F)N1Cc2cn(S(=O)(=O)c3cnn(CCC(F)(F)F)c3)nc2C1. The van der Waals surface area contributed by atoms with Crippen LogP contribution in [0.1, 0.15) is 29.2 Å². The van der Waals surface area contributed by atoms with Crippen molar-refractivity contribution >= 4 is 15.9 Å². The number of carbonyl (C=O) groups is 1. The van der Waals surface area contributed by atoms with Gasteiger partial charge >= 0.3 is 6.18 Å². The molecular formula is C20H19F4N5O4S. The van der Waals surface area contributed by atoms with Crippen molar-refractivity contribution in [1.29, 1.82) is 0 Å². The second-order valence-electron chi connectivity index (χ2n) is 7.73. The van der Waals surface area contributed by atoms with Crippen LogP contribution in [0.3, 0.4) is 0 Å². The van der Waals surface area contributed by atoms with Crippen molar-refractivity contribution in [3.63, 3.8) is 0 Å². The van der Waals surface area contributed by atoms with Crippen LogP contribution in [0.15, 0.2) is 47.8 Å². The summed E-state index contributed by atoms with van der Waals surface area (Å²) in [6.07, 6.45) is -2.42. The second kappa shape index (κ2) is 8.83. The molecule has 2 aromatic heterocycles. The first-order chi connectivity index (χ1) is 16.0. The number of rotatable bonds is 7. The van der Waals surface area contributed by atoms with Crippen molar-refractivity contribution in [3.05, 3.63) is 65.5 Å². The van der Waals surface area contributed by atoms with Gasteiger partial charge in [-0.15, -0.1) is 0 Å². The van der Waals surface area contributed by atoms with Crippen LogP contribution in [0.5, 0.6) is 0 Å². The summed E-state index contributed by atoms with van der Waals surface area (Å²) >= 11 is 0. The first-order valence-corrected chi connectivity index (χ1v) is 11.5. The molecule has 3 aromatic rings. The molecular weight excluding hydrogens is 482 g/mol. The van der Waals surface area contributed by atoms with E-state index in [-0.39, 0.29) is 23.5 Å². The van der Waals surface area contributed by atoms with Crippen LogP contribution < -0.4 is 0 Å². The summed E-state index contributed by atoms with van der Waals surface area (Å²) in [5.74, 6) is -2.28. The number of nitrogens with zero attached hydrogens (tertiary/aromatic N) is 5. The summed E-state index contributed by atoms with van der Waals surface area (Å²) in [6.45, 7) is -1.19. The van der Waals surface area contributed by atoms with Crippen LogP contribution in [-0.4, -0.2) is 56.1 Å². The van der Waals surface area contributed by atoms with E-state index in [4.69, 9.17) is 0 Å². The van der Waals surface area contributed by atoms with E-state index in [1.54, 1.807) is 6.07 Å². The lowest BCUT2D eigenvalue weighted by molar-refractivity contribution is -0.137. The fraction of sp³-hybridized carbons (Fsp3) is 0.350. The van der Waals surface area contributed by atoms with E-state index in [1.807, 2.05) is 0 Å². The average molecular weight is 501 g/mol. The fourth-order valence-electron chi connectivity index (χ4n) is 3.64. The largest absolute Gasteiger partial charge is 0.395 e. The third kappa shape index (κ3) is 4.68. The molecule has 1 N–H and O–H groups in total. The van der Waals surface area contributed by atoms with Gasteiger partial charge in [0.25, 0.3) is 10.0 Å². The van der Waals surface area contributed by atoms with E-state index in [0.717, 1.165) is 17.1 Å². The zero-order valence-electron chi connectivity index (χ0n) is 17.5. The number of aromatic nitrogens is 4. The molecule has 0 unspecified atom stereocenters. The van der Waals surface area contributed by atoms with E-state index < -0.39 is 53.4 Å². The molecule has 9 nitrogen and oxygen atoms in total. The maximum absolute atomic E-state index is 14.1. The predicted molar refractivity (Wildman–Crippen MR) is 108 cm³/mol. The Labute approximate surface area is 191 Å². The molecule has 1 aliphatic rings. The van der Waals surface area contributed by atoms with Crippen LogP contribution in [0.25, 0.3) is 0 Å². The quantitative estimate of drug-likeness (QED) is 0.496. The summed E-state index contributed by atoms with van der Waals surface area (Å²) in [5, 5.41) is 17.4. The number of aliphatic hydroxyl groups is 1. The lowest BCUT2D eigenvalue weighted by Gasteiger charge is -2.22. The molecule has 14 heteroatoms. The summed E-state index contributed by atoms with van der Waals surface area (Å²) in [7, 11) is -4.21. The van der Waals surface area contributed by atoms with Gasteiger partial charge in [-0.25, -0.2) is 4.39 Å². The zero-order chi connectivity index (χ0) is 24.7. The highest BCUT2D eigenvalue weighted by Gasteiger charge is 2.34. The van der Waals surface area contributed by atoms with Gasteiger partial charge in [0.15, 0.2) is 0 Å². The van der Waals surface area contributed by atoms with Gasteiger partial charge in [-0.2, -0.15) is 35.9 Å². The van der Waals surface area contributed by atoms with Gasteiger partial charge in [0.05, 0.1) is 37.4 Å². The second-order valence-corrected chi connectivity index (χ2v) is 9.53. The molecule has 0 spiro atoms. The number of hydrogen-bond acceptors (Lipinski definition) is 6. The Bertz CT molecular complexity index is 1290. The molecule has 3 heterocycles. The van der Waals surface area contributed by atoms with Gasteiger partial charge in [-0.1, -0.05) is 18.2 Å². The number of halogens is 4. The van der Waals surface area contributed by atoms with Crippen LogP contribution in [0.4, 0.5) is 17.6 Å². The maximum Gasteiger partial charge on any atom is 0.390 e. The third-order valence-corrected chi connectivity index (χ3v) is 6.90. The monoisotopic (exact) mass is 501 g/mol. The minimum Gasteiger partial charge on any atom is -0.395 e. The van der Waals surface area contributed by atoms with E-state index >= 15 is 0 Å². The number of hydrogen-bond donors (Lipinski definition) is 1. The lowest BCUT2D eigenvalue weighted by Crippen LogP contribution is -2.33. The fourth-order valence-corrected chi connectivity index (χ4v) is 4.77. The smallest absolute Gasteiger partial charge is 0.390 e. The van der Waals surface area contributed by atoms with Gasteiger partial charge in [0.1, 0.15) is 10.7 Å². The topological polar surface area (TPSA) is 110 Å². The minimum atomic E-state index is -4.40. The predicted octanol–water partition coefficient (Wildman–Crippen LogP) is 2.03. The highest BCUT2D eigenvalue weighted by molar-refractivity contribution is 7.89. The Morgan fingerprint density at radius 2 is 1.91 bits per heavy atom. The summed E-state index contributed by atoms with van der Waals surface area (Å²) in [6, 6.07) is 5.61. The molecule has 0 aliphatic carbocycles. The third-order valence-electron chi connectivity index (χ3n) is 5.41. The number of aliphatic hydroxyl groups excluding tert-OH is 1. The first kappa shape index (κ1) is 23.9. The van der Waals surface area contributed by atoms with Crippen LogP contribution >= 0.6 is 0 Å². The highest BCUT2D eigenvalue weighted by atomic mass is 32.2. The van der Waals surface area contributed by atoms with Crippen molar-refractivity contribution in [2.75, 3.05) is 6.61 Å². The number of carbonyl (C=O) groups excluding carboxylic acids is 1. The van der Waals surface area contributed by atoms with Crippen LogP contribution in [0.2, 0.25) is 0 Å². The number of alkyl halides is 3. The van der Waals surface area contributed by atoms with Gasteiger partial charge in [-0.3, -0.25) is 9.48 Å². The summed E-state index contributed by atoms with van der Waals surface area (Å²) in [4.78, 5) is 13.9. The molecule has 1 atom stereocenters. The van der Waals surface area contributed by atoms with E-state index in [2.05, 4.69) is 10.2 Å². The lowest BCUT2D eigenvalue weighted by atomic mass is 9.98. The number of amides is 1. The summed E-state index contributed by atoms with van der Waals surface area (Å²) < 4.78 is 78.5. The van der Waals surface area contributed by atoms with E-state index in [9.17, 15) is 35.9 Å². The Kier molecular flexibility index (Phi) is 6.20. The molecule has 182 valence electrons. The molecule has 0 bridgehead atoms. The standard InChI is InChI=1S/C20H19F4N5O4S/c21-17-4-2-1-3-15(17)16(12-30)19(31)27-8-13-9-29(26-18(13)11-27)34(32,33)14-7-25-28(10-14)6-5-20(22,23)24/h1-4,7,9-10,16,30H,5-6,8,11-12H2/t16-/m1/s1. The van der Waals surface area contributed by atoms with Crippen LogP contribution in [-0.2, 0) is 34.5 Å². The maximum atomic E-state index is 14.1. The molecule has 0 saturated heterocycles. The van der Waals surface area contributed by atoms with Crippen molar-refractivity contribution < 1.29 is 35.9 Å². The van der Waals surface area contributed by atoms with Gasteiger partial charge < -0.3 is 10.0 Å². The van der Waals surface area contributed by atoms with E-state index in [0.29, 0.717) is 15.3 Å². The number of fused-ring (bicyclic) bond motifs is 1. The van der Waals surface area contributed by atoms with Gasteiger partial charge in [0, 0.05) is 36.6 Å². The van der Waals surface area contributed by atoms with Crippen molar-refractivity contribution in [1.82, 2.24) is 23.9 Å². The molecule has 0 radical (unpaired) electrons. The van der Waals surface area contributed by atoms with Gasteiger partial charge in [0.2, 0.25) is 5.91 Å². The Hall–Kier alpha value is -3.26. The number of aryl methyl sites for hydroxylation is 1. The first-order valence-electron chi connectivity index (χ1n) is 10.1. The van der Waals surface area contributed by atoms with E-state index in [1.165, 1.54) is 29.3 Å². The molecule has 1 amide bonds. The molecule has 1 aromatic carbocycles. The average Bonchev–Trinajstić information content (AvgIpc) is 3.48. The van der Waals surface area contributed by atoms with Gasteiger partial charge in [-0.05, 0) is 6.07 Å². The van der Waals surface area contributed by atoms with Crippen LogP contribution in [0, 0.1) is 5.82 Å². The molecule has 34 heavy (non-hydrogen) atoms. The van der Waals surface area contributed by atoms with Crippen molar-refractivity contribution in [2.24, 2.45) is 0 Å². The Morgan fingerprint density at radius 3 is 2.56 bits per heavy atom.